The number of carbonyl (C=O) groups excluding carboxylic acids is 1. The fraction of sp³-hybridized carbons (Fsp3) is 0.438. The van der Waals surface area contributed by atoms with E-state index < -0.39 is 0 Å². The lowest BCUT2D eigenvalue weighted by Crippen LogP contribution is -2.42. The number of carbonyl (C=O) groups is 1. The second-order valence-electron chi connectivity index (χ2n) is 5.88. The van der Waals surface area contributed by atoms with Gasteiger partial charge < -0.3 is 9.42 Å². The Bertz CT molecular complexity index is 684. The molecule has 1 fully saturated rings. The summed E-state index contributed by atoms with van der Waals surface area (Å²) in [4.78, 5) is 20.2. The zero-order chi connectivity index (χ0) is 16.4. The summed E-state index contributed by atoms with van der Waals surface area (Å²) >= 11 is 0. The predicted octanol–water partition coefficient (Wildman–Crippen LogP) is 1.93. The molecule has 0 radical (unpaired) electrons. The van der Waals surface area contributed by atoms with Crippen molar-refractivity contribution in [3.8, 4) is 11.4 Å². The molecule has 1 saturated heterocycles. The van der Waals surface area contributed by atoms with Crippen LogP contribution < -0.4 is 0 Å². The molecule has 2 aromatic rings. The van der Waals surface area contributed by atoms with Crippen molar-refractivity contribution in [1.29, 1.82) is 0 Å². The van der Waals surface area contributed by atoms with Gasteiger partial charge >= 0.3 is 0 Å². The molecular formula is C16H19FN4O2. The van der Waals surface area contributed by atoms with E-state index in [1.54, 1.807) is 31.1 Å². The second kappa shape index (κ2) is 6.45. The molecule has 1 aromatic carbocycles. The number of hydrogen-bond donors (Lipinski definition) is 0. The van der Waals surface area contributed by atoms with Crippen LogP contribution in [0.1, 0.15) is 18.7 Å². The first-order chi connectivity index (χ1) is 11.0. The predicted molar refractivity (Wildman–Crippen MR) is 81.8 cm³/mol. The highest BCUT2D eigenvalue weighted by Gasteiger charge is 2.32. The number of hydrogen-bond acceptors (Lipinski definition) is 5. The van der Waals surface area contributed by atoms with Crippen molar-refractivity contribution in [2.45, 2.75) is 25.4 Å². The van der Waals surface area contributed by atoms with E-state index in [0.717, 1.165) is 19.4 Å². The van der Waals surface area contributed by atoms with Crippen molar-refractivity contribution >= 4 is 5.91 Å². The van der Waals surface area contributed by atoms with E-state index in [0.29, 0.717) is 23.8 Å². The fourth-order valence-electron chi connectivity index (χ4n) is 2.80. The maximum Gasteiger partial charge on any atom is 0.241 e. The standard InChI is InChI=1S/C16H19FN4O2/c1-20(2)16(22)13-4-3-9-21(13)10-14-18-15(19-23-14)11-5-7-12(17)8-6-11/h5-8,13H,3-4,9-10H2,1-2H3. The number of likely N-dealkylation sites (tertiary alicyclic amines) is 1. The topological polar surface area (TPSA) is 62.5 Å². The third-order valence-electron chi connectivity index (χ3n) is 4.00. The van der Waals surface area contributed by atoms with E-state index in [9.17, 15) is 9.18 Å². The number of likely N-dealkylation sites (N-methyl/N-ethyl adjacent to an activating group) is 1. The highest BCUT2D eigenvalue weighted by Crippen LogP contribution is 2.22. The number of amides is 1. The molecule has 1 aromatic heterocycles. The van der Waals surface area contributed by atoms with Crippen LogP contribution in [0.4, 0.5) is 4.39 Å². The average Bonchev–Trinajstić information content (AvgIpc) is 3.17. The van der Waals surface area contributed by atoms with Gasteiger partial charge in [-0.3, -0.25) is 9.69 Å². The smallest absolute Gasteiger partial charge is 0.241 e. The van der Waals surface area contributed by atoms with Crippen LogP contribution in [0.3, 0.4) is 0 Å². The van der Waals surface area contributed by atoms with Gasteiger partial charge in [0.25, 0.3) is 0 Å². The summed E-state index contributed by atoms with van der Waals surface area (Å²) in [5, 5.41) is 3.93. The van der Waals surface area contributed by atoms with Gasteiger partial charge in [0.1, 0.15) is 5.82 Å². The summed E-state index contributed by atoms with van der Waals surface area (Å²) in [5.41, 5.74) is 0.698. The van der Waals surface area contributed by atoms with Crippen molar-refractivity contribution in [3.05, 3.63) is 36.0 Å². The Labute approximate surface area is 133 Å². The van der Waals surface area contributed by atoms with Crippen LogP contribution in [0.5, 0.6) is 0 Å². The van der Waals surface area contributed by atoms with Crippen LogP contribution in [0.15, 0.2) is 28.8 Å². The van der Waals surface area contributed by atoms with Crippen LogP contribution >= 0.6 is 0 Å². The molecule has 23 heavy (non-hydrogen) atoms. The van der Waals surface area contributed by atoms with Gasteiger partial charge in [-0.1, -0.05) is 5.16 Å². The number of aromatic nitrogens is 2. The van der Waals surface area contributed by atoms with E-state index in [1.165, 1.54) is 12.1 Å². The van der Waals surface area contributed by atoms with Crippen molar-refractivity contribution in [2.75, 3.05) is 20.6 Å². The number of nitrogens with zero attached hydrogens (tertiary/aromatic N) is 4. The summed E-state index contributed by atoms with van der Waals surface area (Å²) in [6, 6.07) is 5.80. The highest BCUT2D eigenvalue weighted by atomic mass is 19.1. The minimum absolute atomic E-state index is 0.0979. The molecule has 1 unspecified atom stereocenters. The summed E-state index contributed by atoms with van der Waals surface area (Å²) in [6.07, 6.45) is 1.82. The molecule has 0 bridgehead atoms. The molecule has 6 nitrogen and oxygen atoms in total. The Morgan fingerprint density at radius 2 is 2.13 bits per heavy atom. The molecule has 1 aliphatic heterocycles. The van der Waals surface area contributed by atoms with Gasteiger partial charge in [-0.05, 0) is 43.7 Å². The van der Waals surface area contributed by atoms with Gasteiger partial charge in [0, 0.05) is 19.7 Å². The summed E-state index contributed by atoms with van der Waals surface area (Å²) < 4.78 is 18.2. The summed E-state index contributed by atoms with van der Waals surface area (Å²) in [6.45, 7) is 1.27. The van der Waals surface area contributed by atoms with E-state index >= 15 is 0 Å². The number of benzene rings is 1. The van der Waals surface area contributed by atoms with Crippen molar-refractivity contribution in [1.82, 2.24) is 19.9 Å². The molecule has 1 atom stereocenters. The molecule has 1 aliphatic rings. The third-order valence-corrected chi connectivity index (χ3v) is 4.00. The molecule has 122 valence electrons. The Morgan fingerprint density at radius 3 is 2.83 bits per heavy atom. The molecule has 0 aliphatic carbocycles. The number of rotatable bonds is 4. The number of halogens is 1. The monoisotopic (exact) mass is 318 g/mol. The van der Waals surface area contributed by atoms with Crippen molar-refractivity contribution in [3.63, 3.8) is 0 Å². The lowest BCUT2D eigenvalue weighted by Gasteiger charge is -2.24. The minimum atomic E-state index is -0.306. The largest absolute Gasteiger partial charge is 0.347 e. The molecule has 0 spiro atoms. The average molecular weight is 318 g/mol. The quantitative estimate of drug-likeness (QED) is 0.862. The molecule has 0 N–H and O–H groups in total. The third kappa shape index (κ3) is 3.39. The first-order valence-electron chi connectivity index (χ1n) is 7.58. The lowest BCUT2D eigenvalue weighted by atomic mass is 10.2. The lowest BCUT2D eigenvalue weighted by molar-refractivity contribution is -0.133. The van der Waals surface area contributed by atoms with Crippen LogP contribution in [0.25, 0.3) is 11.4 Å². The molecule has 3 rings (SSSR count). The molecular weight excluding hydrogens is 299 g/mol. The van der Waals surface area contributed by atoms with Gasteiger partial charge in [0.2, 0.25) is 17.6 Å². The van der Waals surface area contributed by atoms with E-state index in [2.05, 4.69) is 15.0 Å². The second-order valence-corrected chi connectivity index (χ2v) is 5.88. The molecule has 1 amide bonds. The molecule has 0 saturated carbocycles. The van der Waals surface area contributed by atoms with Gasteiger partial charge in [0.15, 0.2) is 0 Å². The summed E-state index contributed by atoms with van der Waals surface area (Å²) in [5.74, 6) is 0.679. The maximum atomic E-state index is 13.0. The summed E-state index contributed by atoms with van der Waals surface area (Å²) in [7, 11) is 3.52. The fourth-order valence-corrected chi connectivity index (χ4v) is 2.80. The van der Waals surface area contributed by atoms with Crippen molar-refractivity contribution < 1.29 is 13.7 Å². The van der Waals surface area contributed by atoms with Crippen LogP contribution in [-0.2, 0) is 11.3 Å². The Hall–Kier alpha value is -2.28. The Balaban J connectivity index is 1.71. The molecule has 7 heteroatoms. The van der Waals surface area contributed by atoms with E-state index in [1.807, 2.05) is 0 Å². The van der Waals surface area contributed by atoms with E-state index in [4.69, 9.17) is 4.52 Å². The van der Waals surface area contributed by atoms with Crippen LogP contribution in [0.2, 0.25) is 0 Å². The van der Waals surface area contributed by atoms with E-state index in [-0.39, 0.29) is 17.8 Å². The maximum absolute atomic E-state index is 13.0. The molecule has 2 heterocycles. The van der Waals surface area contributed by atoms with Crippen LogP contribution in [0, 0.1) is 5.82 Å². The first kappa shape index (κ1) is 15.6. The van der Waals surface area contributed by atoms with Gasteiger partial charge in [-0.2, -0.15) is 4.98 Å². The SMILES string of the molecule is CN(C)C(=O)C1CCCN1Cc1nc(-c2ccc(F)cc2)no1. The van der Waals surface area contributed by atoms with Crippen molar-refractivity contribution in [2.24, 2.45) is 0 Å². The zero-order valence-corrected chi connectivity index (χ0v) is 13.2. The van der Waals surface area contributed by atoms with Gasteiger partial charge in [-0.15, -0.1) is 0 Å². The normalized spacial score (nSPS) is 18.3. The Morgan fingerprint density at radius 1 is 1.39 bits per heavy atom. The van der Waals surface area contributed by atoms with Crippen LogP contribution in [-0.4, -0.2) is 52.5 Å². The van der Waals surface area contributed by atoms with Gasteiger partial charge in [0.05, 0.1) is 12.6 Å². The highest BCUT2D eigenvalue weighted by molar-refractivity contribution is 5.81. The first-order valence-corrected chi connectivity index (χ1v) is 7.58. The minimum Gasteiger partial charge on any atom is -0.347 e. The zero-order valence-electron chi connectivity index (χ0n) is 13.2. The Kier molecular flexibility index (Phi) is 4.38. The van der Waals surface area contributed by atoms with Gasteiger partial charge in [-0.25, -0.2) is 4.39 Å².